The molecule has 11 atom stereocenters. The summed E-state index contributed by atoms with van der Waals surface area (Å²) in [6, 6.07) is 0. The van der Waals surface area contributed by atoms with Gasteiger partial charge in [-0.15, -0.1) is 0 Å². The molecular weight excluding hydrogens is 496 g/mol. The Labute approximate surface area is 234 Å². The zero-order valence-corrected chi connectivity index (χ0v) is 25.3. The first kappa shape index (κ1) is 29.5. The molecule has 5 aliphatic rings. The quantitative estimate of drug-likeness (QED) is 0.306. The third-order valence-corrected chi connectivity index (χ3v) is 12.9. The topological polar surface area (TPSA) is 116 Å². The van der Waals surface area contributed by atoms with Crippen LogP contribution in [0.5, 0.6) is 0 Å². The van der Waals surface area contributed by atoms with Crippen molar-refractivity contribution in [2.75, 3.05) is 6.61 Å². The fourth-order valence-corrected chi connectivity index (χ4v) is 10.8. The fourth-order valence-electron chi connectivity index (χ4n) is 10.8. The lowest BCUT2D eigenvalue weighted by atomic mass is 9.37. The average Bonchev–Trinajstić information content (AvgIpc) is 3.17. The van der Waals surface area contributed by atoms with Crippen LogP contribution in [0.15, 0.2) is 11.6 Å². The van der Waals surface area contributed by atoms with E-state index in [1.165, 1.54) is 26.3 Å². The minimum absolute atomic E-state index is 0.0295. The third-order valence-electron chi connectivity index (χ3n) is 12.9. The highest BCUT2D eigenvalue weighted by Crippen LogP contribution is 2.73. The first-order valence-electron chi connectivity index (χ1n) is 15.2. The van der Waals surface area contributed by atoms with E-state index in [1.807, 2.05) is 0 Å². The Kier molecular flexibility index (Phi) is 6.81. The van der Waals surface area contributed by atoms with Gasteiger partial charge in [0.2, 0.25) is 5.79 Å². The number of aliphatic hydroxyl groups is 4. The van der Waals surface area contributed by atoms with Crippen LogP contribution in [0.4, 0.5) is 0 Å². The van der Waals surface area contributed by atoms with Crippen LogP contribution in [-0.4, -0.2) is 62.7 Å². The summed E-state index contributed by atoms with van der Waals surface area (Å²) in [5.74, 6) is -1.42. The van der Waals surface area contributed by atoms with Crippen molar-refractivity contribution in [1.29, 1.82) is 0 Å². The van der Waals surface area contributed by atoms with E-state index in [9.17, 15) is 25.2 Å². The predicted octanol–water partition coefficient (Wildman–Crippen LogP) is 4.35. The molecule has 4 aliphatic carbocycles. The van der Waals surface area contributed by atoms with Crippen LogP contribution in [0.1, 0.15) is 100 Å². The number of carbonyl (C=O) groups excluding carboxylic acids is 1. The highest BCUT2D eigenvalue weighted by molar-refractivity contribution is 5.66. The molecule has 4 fully saturated rings. The molecule has 0 spiro atoms. The maximum Gasteiger partial charge on any atom is 0.302 e. The molecule has 1 aliphatic heterocycles. The van der Waals surface area contributed by atoms with Crippen LogP contribution >= 0.6 is 0 Å². The smallest absolute Gasteiger partial charge is 0.302 e. The Morgan fingerprint density at radius 3 is 2.28 bits per heavy atom. The molecule has 5 rings (SSSR count). The number of aliphatic hydroxyl groups excluding tert-OH is 2. The first-order valence-corrected chi connectivity index (χ1v) is 15.2. The van der Waals surface area contributed by atoms with Gasteiger partial charge >= 0.3 is 5.97 Å². The van der Waals surface area contributed by atoms with Gasteiger partial charge in [-0.05, 0) is 98.7 Å². The van der Waals surface area contributed by atoms with Gasteiger partial charge in [-0.25, -0.2) is 0 Å². The molecule has 3 saturated carbocycles. The van der Waals surface area contributed by atoms with Crippen molar-refractivity contribution in [2.45, 2.75) is 130 Å². The van der Waals surface area contributed by atoms with Crippen molar-refractivity contribution in [3.05, 3.63) is 11.6 Å². The van der Waals surface area contributed by atoms with E-state index in [0.29, 0.717) is 12.3 Å². The Bertz CT molecular complexity index is 1030. The number of hydrogen-bond acceptors (Lipinski definition) is 7. The van der Waals surface area contributed by atoms with Crippen molar-refractivity contribution >= 4 is 5.97 Å². The molecule has 0 amide bonds. The van der Waals surface area contributed by atoms with Gasteiger partial charge in [0.15, 0.2) is 0 Å². The molecule has 0 aromatic rings. The lowest BCUT2D eigenvalue weighted by molar-refractivity contribution is -0.353. The van der Waals surface area contributed by atoms with Crippen LogP contribution < -0.4 is 0 Å². The Balaban J connectivity index is 1.49. The summed E-state index contributed by atoms with van der Waals surface area (Å²) in [6.07, 6.45) is 6.34. The molecule has 0 bridgehead atoms. The molecule has 1 saturated heterocycles. The predicted molar refractivity (Wildman–Crippen MR) is 147 cm³/mol. The van der Waals surface area contributed by atoms with Gasteiger partial charge in [0.05, 0.1) is 12.7 Å². The molecule has 0 aromatic heterocycles. The number of rotatable bonds is 3. The van der Waals surface area contributed by atoms with E-state index < -0.39 is 17.5 Å². The maximum atomic E-state index is 12.5. The SMILES string of the molecule is CC(=O)O[C@@H]1CC2C(C)(C)[C@H](O)CC[C@]2(C)[C@H]2CC[C@]3(C)C(=CC[C@H]3[C@H]3CO[C@](O)(C(C)(C)O)[C@H](O)C3)[C@]12C. The number of ether oxygens (including phenoxy) is 2. The van der Waals surface area contributed by atoms with Crippen molar-refractivity contribution < 1.29 is 34.7 Å². The molecule has 4 N–H and O–H groups in total. The number of carbonyl (C=O) groups is 1. The summed E-state index contributed by atoms with van der Waals surface area (Å²) in [5, 5.41) is 43.4. The van der Waals surface area contributed by atoms with Crippen LogP contribution in [0.25, 0.3) is 0 Å². The minimum Gasteiger partial charge on any atom is -0.462 e. The van der Waals surface area contributed by atoms with E-state index in [0.717, 1.165) is 38.5 Å². The minimum atomic E-state index is -1.99. The van der Waals surface area contributed by atoms with E-state index in [4.69, 9.17) is 9.47 Å². The normalized spacial score (nSPS) is 51.3. The lowest BCUT2D eigenvalue weighted by Gasteiger charge is -2.69. The maximum absolute atomic E-state index is 12.5. The number of fused-ring (bicyclic) bond motifs is 5. The van der Waals surface area contributed by atoms with Gasteiger partial charge < -0.3 is 29.9 Å². The van der Waals surface area contributed by atoms with Gasteiger partial charge in [-0.1, -0.05) is 46.3 Å². The van der Waals surface area contributed by atoms with Crippen molar-refractivity contribution in [2.24, 2.45) is 45.3 Å². The van der Waals surface area contributed by atoms with E-state index >= 15 is 0 Å². The van der Waals surface area contributed by atoms with Crippen molar-refractivity contribution in [1.82, 2.24) is 0 Å². The zero-order chi connectivity index (χ0) is 29.0. The lowest BCUT2D eigenvalue weighted by Crippen LogP contribution is -2.66. The van der Waals surface area contributed by atoms with Crippen molar-refractivity contribution in [3.63, 3.8) is 0 Å². The zero-order valence-electron chi connectivity index (χ0n) is 25.3. The van der Waals surface area contributed by atoms with Crippen LogP contribution in [0.3, 0.4) is 0 Å². The second-order valence-corrected chi connectivity index (χ2v) is 15.6. The monoisotopic (exact) mass is 548 g/mol. The highest BCUT2D eigenvalue weighted by Gasteiger charge is 2.69. The molecule has 39 heavy (non-hydrogen) atoms. The highest BCUT2D eigenvalue weighted by atomic mass is 16.7. The first-order chi connectivity index (χ1) is 17.8. The molecule has 1 unspecified atom stereocenters. The van der Waals surface area contributed by atoms with Gasteiger partial charge in [-0.3, -0.25) is 4.79 Å². The van der Waals surface area contributed by atoms with Crippen LogP contribution in [0.2, 0.25) is 0 Å². The average molecular weight is 549 g/mol. The van der Waals surface area contributed by atoms with Crippen LogP contribution in [-0.2, 0) is 14.3 Å². The Hall–Kier alpha value is -0.990. The van der Waals surface area contributed by atoms with E-state index in [-0.39, 0.29) is 64.2 Å². The molecule has 222 valence electrons. The summed E-state index contributed by atoms with van der Waals surface area (Å²) < 4.78 is 12.1. The summed E-state index contributed by atoms with van der Waals surface area (Å²) in [4.78, 5) is 12.5. The largest absolute Gasteiger partial charge is 0.462 e. The summed E-state index contributed by atoms with van der Waals surface area (Å²) in [6.45, 7) is 16.2. The molecule has 0 aromatic carbocycles. The molecular formula is C32H52O7. The summed E-state index contributed by atoms with van der Waals surface area (Å²) in [5.41, 5.74) is -0.898. The van der Waals surface area contributed by atoms with Gasteiger partial charge in [0, 0.05) is 12.3 Å². The Morgan fingerprint density at radius 1 is 1.03 bits per heavy atom. The molecule has 7 nitrogen and oxygen atoms in total. The van der Waals surface area contributed by atoms with E-state index in [2.05, 4.69) is 40.7 Å². The van der Waals surface area contributed by atoms with Gasteiger partial charge in [-0.2, -0.15) is 0 Å². The second kappa shape index (κ2) is 9.00. The summed E-state index contributed by atoms with van der Waals surface area (Å²) in [7, 11) is 0. The van der Waals surface area contributed by atoms with Gasteiger partial charge in [0.25, 0.3) is 0 Å². The van der Waals surface area contributed by atoms with Crippen molar-refractivity contribution in [3.8, 4) is 0 Å². The number of esters is 1. The third kappa shape index (κ3) is 3.96. The number of hydrogen-bond donors (Lipinski definition) is 4. The standard InChI is InChI=1S/C32H52O7/c1-18(33)39-26-16-23-27(2,3)24(34)12-14-30(23,7)22-11-13-29(6)20(9-10-21(29)31(22,26)8)19-15-25(35)32(37,38-17-19)28(4,5)36/h10,19-20,22-26,34-37H,9,11-17H2,1-8H3/t19-,20+,22-,23?,24-,25-,26-,29+,30-,31+,32+/m1/s1. The molecule has 7 heteroatoms. The molecule has 1 heterocycles. The number of allylic oxidation sites excluding steroid dienone is 1. The summed E-state index contributed by atoms with van der Waals surface area (Å²) >= 11 is 0. The van der Waals surface area contributed by atoms with Crippen LogP contribution in [0, 0.1) is 45.3 Å². The van der Waals surface area contributed by atoms with E-state index in [1.54, 1.807) is 0 Å². The Morgan fingerprint density at radius 2 is 1.69 bits per heavy atom. The molecule has 0 radical (unpaired) electrons. The second-order valence-electron chi connectivity index (χ2n) is 15.6. The van der Waals surface area contributed by atoms with Gasteiger partial charge in [0.1, 0.15) is 17.8 Å². The fraction of sp³-hybridized carbons (Fsp3) is 0.906.